The van der Waals surface area contributed by atoms with Gasteiger partial charge in [-0.25, -0.2) is 4.79 Å². The van der Waals surface area contributed by atoms with Gasteiger partial charge in [0.2, 0.25) is 0 Å². The summed E-state index contributed by atoms with van der Waals surface area (Å²) in [5.41, 5.74) is 2.95. The second-order valence-corrected chi connectivity index (χ2v) is 6.77. The van der Waals surface area contributed by atoms with Gasteiger partial charge in [0.1, 0.15) is 0 Å². The van der Waals surface area contributed by atoms with Crippen molar-refractivity contribution in [2.24, 2.45) is 0 Å². The Morgan fingerprint density at radius 3 is 2.19 bits per heavy atom. The van der Waals surface area contributed by atoms with E-state index in [1.165, 1.54) is 12.1 Å². The minimum Gasteiger partial charge on any atom is -0.368 e. The number of amides is 2. The molecule has 1 aliphatic rings. The molecule has 0 saturated carbocycles. The predicted molar refractivity (Wildman–Crippen MR) is 100 cm³/mol. The van der Waals surface area contributed by atoms with Crippen molar-refractivity contribution in [1.82, 2.24) is 4.90 Å². The number of carbonyl (C=O) groups is 1. The highest BCUT2D eigenvalue weighted by atomic mass is 19.4. The molecule has 2 amide bonds. The Balaban J connectivity index is 1.58. The molecule has 1 fully saturated rings. The zero-order valence-electron chi connectivity index (χ0n) is 15.3. The lowest BCUT2D eigenvalue weighted by atomic mass is 10.1. The van der Waals surface area contributed by atoms with Crippen LogP contribution in [0.4, 0.5) is 29.3 Å². The zero-order valence-corrected chi connectivity index (χ0v) is 15.3. The molecule has 1 N–H and O–H groups in total. The second kappa shape index (κ2) is 7.50. The SMILES string of the molecule is Cc1ccc(C)c(NC(=O)N2CCN(c3ccc(C(F)(F)F)cc3)CC2)c1. The fraction of sp³-hybridized carbons (Fsp3) is 0.350. The maximum atomic E-state index is 12.7. The first kappa shape index (κ1) is 19.1. The minimum atomic E-state index is -4.33. The number of halogens is 3. The number of aryl methyl sites for hydroxylation is 2. The van der Waals surface area contributed by atoms with Crippen molar-refractivity contribution >= 4 is 17.4 Å². The number of urea groups is 1. The molecule has 1 heterocycles. The molecule has 2 aromatic rings. The molecule has 0 radical (unpaired) electrons. The highest BCUT2D eigenvalue weighted by Crippen LogP contribution is 2.30. The van der Waals surface area contributed by atoms with Gasteiger partial charge in [-0.1, -0.05) is 12.1 Å². The number of rotatable bonds is 2. The van der Waals surface area contributed by atoms with Crippen LogP contribution in [0.1, 0.15) is 16.7 Å². The van der Waals surface area contributed by atoms with Crippen molar-refractivity contribution in [1.29, 1.82) is 0 Å². The van der Waals surface area contributed by atoms with Crippen molar-refractivity contribution < 1.29 is 18.0 Å². The zero-order chi connectivity index (χ0) is 19.6. The maximum absolute atomic E-state index is 12.7. The summed E-state index contributed by atoms with van der Waals surface area (Å²) in [6, 6.07) is 10.9. The third kappa shape index (κ3) is 4.53. The van der Waals surface area contributed by atoms with Crippen molar-refractivity contribution in [3.63, 3.8) is 0 Å². The first-order chi connectivity index (χ1) is 12.7. The highest BCUT2D eigenvalue weighted by Gasteiger charge is 2.30. The summed E-state index contributed by atoms with van der Waals surface area (Å²) < 4.78 is 38.0. The van der Waals surface area contributed by atoms with E-state index in [0.29, 0.717) is 26.2 Å². The van der Waals surface area contributed by atoms with Crippen molar-refractivity contribution in [2.45, 2.75) is 20.0 Å². The summed E-state index contributed by atoms with van der Waals surface area (Å²) in [4.78, 5) is 16.2. The summed E-state index contributed by atoms with van der Waals surface area (Å²) in [6.07, 6.45) is -4.33. The smallest absolute Gasteiger partial charge is 0.368 e. The van der Waals surface area contributed by atoms with Crippen LogP contribution in [0.25, 0.3) is 0 Å². The predicted octanol–water partition coefficient (Wildman–Crippen LogP) is 4.68. The third-order valence-corrected chi connectivity index (χ3v) is 4.76. The van der Waals surface area contributed by atoms with Gasteiger partial charge >= 0.3 is 12.2 Å². The molecule has 0 unspecified atom stereocenters. The lowest BCUT2D eigenvalue weighted by Gasteiger charge is -2.36. The molecule has 0 aliphatic carbocycles. The Morgan fingerprint density at radius 1 is 0.963 bits per heavy atom. The standard InChI is InChI=1S/C20H22F3N3O/c1-14-3-4-15(2)18(13-14)24-19(27)26-11-9-25(10-12-26)17-7-5-16(6-8-17)20(21,22)23/h3-8,13H,9-12H2,1-2H3,(H,24,27). The molecular formula is C20H22F3N3O. The summed E-state index contributed by atoms with van der Waals surface area (Å²) in [7, 11) is 0. The molecule has 1 aliphatic heterocycles. The number of piperazine rings is 1. The van der Waals surface area contributed by atoms with Crippen LogP contribution in [0.2, 0.25) is 0 Å². The van der Waals surface area contributed by atoms with E-state index in [2.05, 4.69) is 5.32 Å². The Hall–Kier alpha value is -2.70. The number of hydrogen-bond donors (Lipinski definition) is 1. The molecule has 1 saturated heterocycles. The maximum Gasteiger partial charge on any atom is 0.416 e. The lowest BCUT2D eigenvalue weighted by molar-refractivity contribution is -0.137. The number of carbonyl (C=O) groups excluding carboxylic acids is 1. The van der Waals surface area contributed by atoms with Crippen LogP contribution >= 0.6 is 0 Å². The number of hydrogen-bond acceptors (Lipinski definition) is 2. The van der Waals surface area contributed by atoms with Crippen LogP contribution < -0.4 is 10.2 Å². The summed E-state index contributed by atoms with van der Waals surface area (Å²) in [5.74, 6) is 0. The Labute approximate surface area is 156 Å². The van der Waals surface area contributed by atoms with Gasteiger partial charge in [0, 0.05) is 37.6 Å². The van der Waals surface area contributed by atoms with Crippen LogP contribution in [0.5, 0.6) is 0 Å². The number of alkyl halides is 3. The second-order valence-electron chi connectivity index (χ2n) is 6.77. The van der Waals surface area contributed by atoms with Crippen LogP contribution in [-0.2, 0) is 6.18 Å². The molecule has 7 heteroatoms. The monoisotopic (exact) mass is 377 g/mol. The van der Waals surface area contributed by atoms with Crippen LogP contribution in [-0.4, -0.2) is 37.1 Å². The Bertz CT molecular complexity index is 810. The van der Waals surface area contributed by atoms with E-state index < -0.39 is 11.7 Å². The van der Waals surface area contributed by atoms with Crippen LogP contribution in [0, 0.1) is 13.8 Å². The van der Waals surface area contributed by atoms with Crippen molar-refractivity contribution in [3.05, 3.63) is 59.2 Å². The van der Waals surface area contributed by atoms with E-state index in [1.54, 1.807) is 4.90 Å². The van der Waals surface area contributed by atoms with E-state index in [0.717, 1.165) is 34.6 Å². The molecule has 0 bridgehead atoms. The summed E-state index contributed by atoms with van der Waals surface area (Å²) in [6.45, 7) is 6.09. The fourth-order valence-electron chi connectivity index (χ4n) is 3.09. The molecule has 27 heavy (non-hydrogen) atoms. The Kier molecular flexibility index (Phi) is 5.30. The van der Waals surface area contributed by atoms with Gasteiger partial charge in [0.15, 0.2) is 0 Å². The molecule has 0 spiro atoms. The van der Waals surface area contributed by atoms with Crippen molar-refractivity contribution in [2.75, 3.05) is 36.4 Å². The van der Waals surface area contributed by atoms with Crippen LogP contribution in [0.15, 0.2) is 42.5 Å². The first-order valence-electron chi connectivity index (χ1n) is 8.79. The topological polar surface area (TPSA) is 35.6 Å². The van der Waals surface area contributed by atoms with Gasteiger partial charge in [-0.15, -0.1) is 0 Å². The fourth-order valence-corrected chi connectivity index (χ4v) is 3.09. The van der Waals surface area contributed by atoms with Gasteiger partial charge < -0.3 is 15.1 Å². The number of anilines is 2. The lowest BCUT2D eigenvalue weighted by Crippen LogP contribution is -2.50. The molecule has 0 atom stereocenters. The third-order valence-electron chi connectivity index (χ3n) is 4.76. The average molecular weight is 377 g/mol. The molecular weight excluding hydrogens is 355 g/mol. The van der Waals surface area contributed by atoms with E-state index >= 15 is 0 Å². The van der Waals surface area contributed by atoms with Gasteiger partial charge in [0.05, 0.1) is 5.56 Å². The minimum absolute atomic E-state index is 0.157. The highest BCUT2D eigenvalue weighted by molar-refractivity contribution is 5.90. The van der Waals surface area contributed by atoms with E-state index in [9.17, 15) is 18.0 Å². The number of benzene rings is 2. The average Bonchev–Trinajstić information content (AvgIpc) is 2.64. The molecule has 144 valence electrons. The molecule has 4 nitrogen and oxygen atoms in total. The molecule has 3 rings (SSSR count). The van der Waals surface area contributed by atoms with Gasteiger partial charge in [-0.3, -0.25) is 0 Å². The first-order valence-corrected chi connectivity index (χ1v) is 8.79. The summed E-state index contributed by atoms with van der Waals surface area (Å²) in [5, 5.41) is 2.94. The normalized spacial score (nSPS) is 15.0. The number of nitrogens with zero attached hydrogens (tertiary/aromatic N) is 2. The van der Waals surface area contributed by atoms with Gasteiger partial charge in [0.25, 0.3) is 0 Å². The van der Waals surface area contributed by atoms with Crippen LogP contribution in [0.3, 0.4) is 0 Å². The summed E-state index contributed by atoms with van der Waals surface area (Å²) >= 11 is 0. The van der Waals surface area contributed by atoms with Gasteiger partial charge in [-0.05, 0) is 55.3 Å². The quantitative estimate of drug-likeness (QED) is 0.825. The van der Waals surface area contributed by atoms with Crippen molar-refractivity contribution in [3.8, 4) is 0 Å². The number of nitrogens with one attached hydrogen (secondary N) is 1. The van der Waals surface area contributed by atoms with E-state index in [-0.39, 0.29) is 6.03 Å². The Morgan fingerprint density at radius 2 is 1.59 bits per heavy atom. The van der Waals surface area contributed by atoms with Gasteiger partial charge in [-0.2, -0.15) is 13.2 Å². The van der Waals surface area contributed by atoms with E-state index in [1.807, 2.05) is 36.9 Å². The largest absolute Gasteiger partial charge is 0.416 e. The molecule has 2 aromatic carbocycles. The van der Waals surface area contributed by atoms with E-state index in [4.69, 9.17) is 0 Å². The molecule has 0 aromatic heterocycles.